The summed E-state index contributed by atoms with van der Waals surface area (Å²) in [4.78, 5) is 31.0. The third kappa shape index (κ3) is 5.00. The van der Waals surface area contributed by atoms with E-state index in [1.54, 1.807) is 12.1 Å². The Morgan fingerprint density at radius 1 is 1.38 bits per heavy atom. The van der Waals surface area contributed by atoms with Gasteiger partial charge in [-0.05, 0) is 53.5 Å². The number of benzene rings is 1. The van der Waals surface area contributed by atoms with E-state index in [0.29, 0.717) is 21.4 Å². The smallest absolute Gasteiger partial charge is 0.387 e. The van der Waals surface area contributed by atoms with Gasteiger partial charge in [0.05, 0.1) is 5.56 Å². The van der Waals surface area contributed by atoms with Gasteiger partial charge in [0.25, 0.3) is 5.91 Å². The van der Waals surface area contributed by atoms with Crippen molar-refractivity contribution in [1.82, 2.24) is 15.2 Å². The van der Waals surface area contributed by atoms with Gasteiger partial charge in [-0.15, -0.1) is 0 Å². The maximum atomic E-state index is 13.1. The highest BCUT2D eigenvalue weighted by molar-refractivity contribution is 9.10. The topological polar surface area (TPSA) is 83.6 Å². The second-order valence-electron chi connectivity index (χ2n) is 6.70. The zero-order valence-electron chi connectivity index (χ0n) is 15.7. The van der Waals surface area contributed by atoms with Crippen molar-refractivity contribution in [2.24, 2.45) is 0 Å². The molecule has 0 saturated heterocycles. The first kappa shape index (κ1) is 21.0. The lowest BCUT2D eigenvalue weighted by molar-refractivity contribution is -0.122. The average Bonchev–Trinajstić information content (AvgIpc) is 2.63. The van der Waals surface area contributed by atoms with Gasteiger partial charge in [-0.2, -0.15) is 8.78 Å². The van der Waals surface area contributed by atoms with Gasteiger partial charge in [-0.1, -0.05) is 12.1 Å². The maximum absolute atomic E-state index is 13.1. The molecule has 1 atom stereocenters. The lowest BCUT2D eigenvalue weighted by atomic mass is 10.1. The molecule has 1 aliphatic rings. The first-order valence-electron chi connectivity index (χ1n) is 8.82. The van der Waals surface area contributed by atoms with E-state index in [0.717, 1.165) is 0 Å². The van der Waals surface area contributed by atoms with E-state index in [9.17, 15) is 18.4 Å². The molecule has 1 aliphatic heterocycles. The quantitative estimate of drug-likeness (QED) is 0.677. The summed E-state index contributed by atoms with van der Waals surface area (Å²) in [7, 11) is 0. The van der Waals surface area contributed by atoms with Gasteiger partial charge in [-0.25, -0.2) is 4.98 Å². The highest BCUT2D eigenvalue weighted by atomic mass is 79.9. The largest absolute Gasteiger partial charge is 0.435 e. The minimum absolute atomic E-state index is 0.0482. The van der Waals surface area contributed by atoms with Crippen LogP contribution >= 0.6 is 15.9 Å². The van der Waals surface area contributed by atoms with Crippen LogP contribution in [0.1, 0.15) is 35.9 Å². The number of hydrogen-bond acceptors (Lipinski definition) is 5. The standard InChI is InChI=1S/C19H19BrF2N4O3/c1-10(2)24-15(27)9-26-17(11-4-3-5-13(6-11)29-19(21)22)25-16-14(18(26)28)7-12(20)8-23-16/h3-8,10,17,19H,9H2,1-2H3,(H,23,25)(H,24,27). The van der Waals surface area contributed by atoms with Gasteiger partial charge in [0.15, 0.2) is 0 Å². The molecule has 1 aromatic carbocycles. The number of rotatable bonds is 6. The van der Waals surface area contributed by atoms with E-state index in [1.165, 1.54) is 29.3 Å². The zero-order valence-corrected chi connectivity index (χ0v) is 17.2. The minimum atomic E-state index is -2.97. The Labute approximate surface area is 174 Å². The van der Waals surface area contributed by atoms with Crippen LogP contribution in [0.4, 0.5) is 14.6 Å². The predicted octanol–water partition coefficient (Wildman–Crippen LogP) is 3.54. The first-order chi connectivity index (χ1) is 13.7. The zero-order chi connectivity index (χ0) is 21.1. The normalized spacial score (nSPS) is 15.9. The average molecular weight is 469 g/mol. The lowest BCUT2D eigenvalue weighted by Crippen LogP contribution is -2.49. The molecule has 0 aliphatic carbocycles. The summed E-state index contributed by atoms with van der Waals surface area (Å²) in [5.41, 5.74) is 0.775. The fourth-order valence-corrected chi connectivity index (χ4v) is 3.34. The van der Waals surface area contributed by atoms with Gasteiger partial charge >= 0.3 is 6.61 Å². The Morgan fingerprint density at radius 3 is 2.83 bits per heavy atom. The van der Waals surface area contributed by atoms with Gasteiger partial charge < -0.3 is 20.3 Å². The number of amides is 2. The van der Waals surface area contributed by atoms with Crippen molar-refractivity contribution < 1.29 is 23.1 Å². The van der Waals surface area contributed by atoms with Crippen LogP contribution in [-0.2, 0) is 4.79 Å². The molecule has 10 heteroatoms. The third-order valence-electron chi connectivity index (χ3n) is 4.09. The Kier molecular flexibility index (Phi) is 6.31. The SMILES string of the molecule is CC(C)NC(=O)CN1C(=O)c2cc(Br)cnc2NC1c1cccc(OC(F)F)c1. The fraction of sp³-hybridized carbons (Fsp3) is 0.316. The third-order valence-corrected chi connectivity index (χ3v) is 4.53. The van der Waals surface area contributed by atoms with E-state index in [-0.39, 0.29) is 24.2 Å². The molecule has 29 heavy (non-hydrogen) atoms. The number of hydrogen-bond donors (Lipinski definition) is 2. The number of fused-ring (bicyclic) bond motifs is 1. The van der Waals surface area contributed by atoms with Crippen LogP contribution in [0.3, 0.4) is 0 Å². The molecule has 2 heterocycles. The minimum Gasteiger partial charge on any atom is -0.435 e. The van der Waals surface area contributed by atoms with Crippen LogP contribution in [0.2, 0.25) is 0 Å². The highest BCUT2D eigenvalue weighted by Gasteiger charge is 2.35. The van der Waals surface area contributed by atoms with E-state index < -0.39 is 18.7 Å². The molecule has 1 aromatic heterocycles. The summed E-state index contributed by atoms with van der Waals surface area (Å²) in [5.74, 6) is -0.458. The molecule has 3 rings (SSSR count). The monoisotopic (exact) mass is 468 g/mol. The molecule has 154 valence electrons. The molecule has 0 spiro atoms. The van der Waals surface area contributed by atoms with E-state index in [1.807, 2.05) is 13.8 Å². The molecule has 2 amide bonds. The molecule has 1 unspecified atom stereocenters. The van der Waals surface area contributed by atoms with Gasteiger partial charge in [0.1, 0.15) is 24.3 Å². The predicted molar refractivity (Wildman–Crippen MR) is 106 cm³/mol. The van der Waals surface area contributed by atoms with Gasteiger partial charge in [0, 0.05) is 16.7 Å². The fourth-order valence-electron chi connectivity index (χ4n) is 3.01. The number of aromatic nitrogens is 1. The number of ether oxygens (including phenoxy) is 1. The molecule has 0 radical (unpaired) electrons. The number of nitrogens with one attached hydrogen (secondary N) is 2. The molecule has 2 aromatic rings. The van der Waals surface area contributed by atoms with Crippen molar-refractivity contribution in [2.45, 2.75) is 32.7 Å². The van der Waals surface area contributed by atoms with Gasteiger partial charge in [0.2, 0.25) is 5.91 Å². The molecule has 7 nitrogen and oxygen atoms in total. The Morgan fingerprint density at radius 2 is 2.14 bits per heavy atom. The summed E-state index contributed by atoms with van der Waals surface area (Å²) in [6.07, 6.45) is 0.746. The summed E-state index contributed by atoms with van der Waals surface area (Å²) in [6.45, 7) is 0.430. The Bertz CT molecular complexity index is 926. The number of pyridine rings is 1. The van der Waals surface area contributed by atoms with Crippen LogP contribution in [0.5, 0.6) is 5.75 Å². The molecule has 0 fully saturated rings. The summed E-state index contributed by atoms with van der Waals surface area (Å²) < 4.78 is 30.3. The van der Waals surface area contributed by atoms with E-state index in [4.69, 9.17) is 0 Å². The number of carbonyl (C=O) groups excluding carboxylic acids is 2. The number of alkyl halides is 2. The Balaban J connectivity index is 1.98. The molecular formula is C19H19BrF2N4O3. The molecule has 2 N–H and O–H groups in total. The van der Waals surface area contributed by atoms with Crippen LogP contribution in [-0.4, -0.2) is 40.9 Å². The van der Waals surface area contributed by atoms with Crippen LogP contribution in [0.15, 0.2) is 41.0 Å². The van der Waals surface area contributed by atoms with Gasteiger partial charge in [-0.3, -0.25) is 9.59 Å². The first-order valence-corrected chi connectivity index (χ1v) is 9.61. The van der Waals surface area contributed by atoms with E-state index >= 15 is 0 Å². The molecule has 0 bridgehead atoms. The lowest BCUT2D eigenvalue weighted by Gasteiger charge is -2.37. The van der Waals surface area contributed by atoms with Crippen molar-refractivity contribution in [3.05, 3.63) is 52.1 Å². The van der Waals surface area contributed by atoms with Crippen molar-refractivity contribution >= 4 is 33.6 Å². The summed E-state index contributed by atoms with van der Waals surface area (Å²) in [5, 5.41) is 5.86. The number of nitrogens with zero attached hydrogens (tertiary/aromatic N) is 2. The summed E-state index contributed by atoms with van der Waals surface area (Å²) >= 11 is 3.29. The van der Waals surface area contributed by atoms with E-state index in [2.05, 4.69) is 36.3 Å². The van der Waals surface area contributed by atoms with Crippen molar-refractivity contribution in [3.63, 3.8) is 0 Å². The van der Waals surface area contributed by atoms with Crippen molar-refractivity contribution in [3.8, 4) is 5.75 Å². The van der Waals surface area contributed by atoms with Crippen molar-refractivity contribution in [2.75, 3.05) is 11.9 Å². The maximum Gasteiger partial charge on any atom is 0.387 e. The van der Waals surface area contributed by atoms with Crippen LogP contribution < -0.4 is 15.4 Å². The Hall–Kier alpha value is -2.75. The highest BCUT2D eigenvalue weighted by Crippen LogP contribution is 2.34. The number of carbonyl (C=O) groups is 2. The number of anilines is 1. The van der Waals surface area contributed by atoms with Crippen LogP contribution in [0.25, 0.3) is 0 Å². The second-order valence-corrected chi connectivity index (χ2v) is 7.62. The molecule has 0 saturated carbocycles. The molecular weight excluding hydrogens is 450 g/mol. The van der Waals surface area contributed by atoms with Crippen molar-refractivity contribution in [1.29, 1.82) is 0 Å². The summed E-state index contributed by atoms with van der Waals surface area (Å²) in [6, 6.07) is 7.49. The van der Waals surface area contributed by atoms with Crippen LogP contribution in [0, 0.1) is 0 Å². The second kappa shape index (κ2) is 8.73. The number of halogens is 3.